The van der Waals surface area contributed by atoms with E-state index in [1.165, 1.54) is 0 Å². The van der Waals surface area contributed by atoms with E-state index in [4.69, 9.17) is 0 Å². The van der Waals surface area contributed by atoms with Crippen molar-refractivity contribution in [2.24, 2.45) is 0 Å². The highest BCUT2D eigenvalue weighted by molar-refractivity contribution is 7.21. The van der Waals surface area contributed by atoms with Gasteiger partial charge in [0.2, 0.25) is 0 Å². The van der Waals surface area contributed by atoms with Gasteiger partial charge >= 0.3 is 0 Å². The second-order valence-corrected chi connectivity index (χ2v) is 59.9. The molecule has 0 bridgehead atoms. The highest BCUT2D eigenvalue weighted by Gasteiger charge is 2.62. The molecule has 0 fully saturated rings. The minimum absolute atomic E-state index is 1.49. The lowest BCUT2D eigenvalue weighted by Crippen LogP contribution is -2.54. The Kier molecular flexibility index (Phi) is 6.51. The van der Waals surface area contributed by atoms with Crippen molar-refractivity contribution in [3.8, 4) is 0 Å². The fraction of sp³-hybridized carbons (Fsp3) is 0.733. The van der Waals surface area contributed by atoms with Crippen LogP contribution in [-0.4, -0.2) is 64.6 Å². The molecule has 212 valence electrons. The fourth-order valence-corrected chi connectivity index (χ4v) is 80.8. The third-order valence-corrected chi connectivity index (χ3v) is 58.8. The molecule has 0 N–H and O–H groups in total. The molecule has 0 spiro atoms. The quantitative estimate of drug-likeness (QED) is 0.230. The predicted octanol–water partition coefficient (Wildman–Crippen LogP) is 10.3. The molecule has 0 aromatic rings. The van der Waals surface area contributed by atoms with Crippen LogP contribution in [0.3, 0.4) is 0 Å². The molecule has 0 amide bonds. The Bertz CT molecular complexity index is 1170. The first-order valence-corrected chi connectivity index (χ1v) is 41.5. The largest absolute Gasteiger partial charge is 0.0835 e. The Labute approximate surface area is 245 Å². The Hall–Kier alpha value is 0.695. The summed E-state index contributed by atoms with van der Waals surface area (Å²) >= 11 is 0. The number of hydrogen-bond acceptors (Lipinski definition) is 0. The Balaban J connectivity index is 2.18. The van der Waals surface area contributed by atoms with Crippen LogP contribution < -0.4 is 0 Å². The summed E-state index contributed by atoms with van der Waals surface area (Å²) in [7, 11) is -12.3. The molecule has 8 heteroatoms. The second kappa shape index (κ2) is 8.20. The van der Waals surface area contributed by atoms with E-state index in [0.29, 0.717) is 0 Å². The Morgan fingerprint density at radius 2 is 0.526 bits per heavy atom. The van der Waals surface area contributed by atoms with E-state index >= 15 is 0 Å². The first-order chi connectivity index (χ1) is 16.8. The summed E-state index contributed by atoms with van der Waals surface area (Å²) in [5.41, 5.74) is 9.42. The molecule has 0 nitrogen and oxygen atoms in total. The van der Waals surface area contributed by atoms with Crippen molar-refractivity contribution >= 4 is 64.6 Å². The van der Waals surface area contributed by atoms with Gasteiger partial charge in [-0.15, -0.1) is 0 Å². The lowest BCUT2D eigenvalue weighted by atomic mass is 10.1. The molecule has 0 aromatic heterocycles. The standard InChI is InChI=1S/C30H60Si8/c1-31(2)17-19-33(5,6)29-24-23-25-27(26(24)31)32(3,4)18-20-34(7,8)30(25)38(15,16)22-36(11,12)28(23)35(9,10)21-37(29,13)14/h17-22H2,1-16H3. The number of rotatable bonds is 0. The second-order valence-electron chi connectivity index (χ2n) is 19.4. The third kappa shape index (κ3) is 4.11. The first-order valence-electron chi connectivity index (χ1n) is 15.8. The lowest BCUT2D eigenvalue weighted by molar-refractivity contribution is 1.28. The Morgan fingerprint density at radius 3 is 0.816 bits per heavy atom. The summed E-state index contributed by atoms with van der Waals surface area (Å²) in [5, 5.41) is 4.22. The van der Waals surface area contributed by atoms with Crippen LogP contribution >= 0.6 is 0 Å². The predicted molar refractivity (Wildman–Crippen MR) is 197 cm³/mol. The van der Waals surface area contributed by atoms with Gasteiger partial charge in [-0.3, -0.25) is 0 Å². The number of hydrogen-bond donors (Lipinski definition) is 0. The van der Waals surface area contributed by atoms with Crippen LogP contribution in [-0.2, 0) is 0 Å². The minimum atomic E-state index is -1.56. The van der Waals surface area contributed by atoms with E-state index < -0.39 is 64.6 Å². The molecular formula is C30H60Si8. The monoisotopic (exact) mass is 644 g/mol. The summed E-state index contributed by atoms with van der Waals surface area (Å²) in [4.78, 5) is 6.61. The van der Waals surface area contributed by atoms with Crippen LogP contribution in [0.15, 0.2) is 41.6 Å². The molecule has 38 heavy (non-hydrogen) atoms. The van der Waals surface area contributed by atoms with Gasteiger partial charge in [-0.2, -0.15) is 0 Å². The normalized spacial score (nSPS) is 32.8. The molecule has 0 saturated heterocycles. The van der Waals surface area contributed by atoms with Gasteiger partial charge in [0.1, 0.15) is 0 Å². The van der Waals surface area contributed by atoms with Crippen molar-refractivity contribution in [3.63, 3.8) is 0 Å². The maximum Gasteiger partial charge on any atom is 0.0810 e. The SMILES string of the molecule is C[Si]1(C)CC[Si](C)(C)C2=C3C4=C([Si](C)(C)C[Si]2(C)C)[Si](C)(C)C[Si](C)(C)C2=C4C(=C31)[Si](C)(C)CC[Si]2(C)C. The van der Waals surface area contributed by atoms with E-state index in [-0.39, 0.29) is 0 Å². The minimum Gasteiger partial charge on any atom is -0.0835 e. The van der Waals surface area contributed by atoms with Gasteiger partial charge in [0.05, 0.1) is 64.6 Å². The molecular weight excluding hydrogens is 585 g/mol. The summed E-state index contributed by atoms with van der Waals surface area (Å²) in [6.45, 7) is 45.7. The van der Waals surface area contributed by atoms with Gasteiger partial charge < -0.3 is 0 Å². The van der Waals surface area contributed by atoms with Crippen LogP contribution in [0.2, 0.25) is 140 Å². The maximum absolute atomic E-state index is 2.88. The smallest absolute Gasteiger partial charge is 0.0810 e. The zero-order valence-corrected chi connectivity index (χ0v) is 36.2. The van der Waals surface area contributed by atoms with Crippen LogP contribution in [0.5, 0.6) is 0 Å². The van der Waals surface area contributed by atoms with Crippen LogP contribution in [0, 0.1) is 0 Å². The molecule has 1 aliphatic carbocycles. The zero-order valence-electron chi connectivity index (χ0n) is 28.2. The molecule has 0 radical (unpaired) electrons. The first kappa shape index (κ1) is 30.2. The molecule has 0 atom stereocenters. The molecule has 0 aromatic carbocycles. The maximum atomic E-state index is 2.88. The molecule has 4 heterocycles. The average Bonchev–Trinajstić information content (AvgIpc) is 2.79. The van der Waals surface area contributed by atoms with E-state index in [0.717, 1.165) is 0 Å². The molecule has 0 saturated carbocycles. The van der Waals surface area contributed by atoms with Gasteiger partial charge in [0.25, 0.3) is 0 Å². The molecule has 5 rings (SSSR count). The molecule has 5 aliphatic rings. The van der Waals surface area contributed by atoms with Gasteiger partial charge in [0.15, 0.2) is 0 Å². The van der Waals surface area contributed by atoms with Gasteiger partial charge in [-0.25, -0.2) is 0 Å². The lowest BCUT2D eigenvalue weighted by Gasteiger charge is -2.44. The number of allylic oxidation sites excluding steroid dienone is 5. The van der Waals surface area contributed by atoms with Gasteiger partial charge in [0, 0.05) is 0 Å². The van der Waals surface area contributed by atoms with Crippen molar-refractivity contribution in [2.75, 3.05) is 0 Å². The van der Waals surface area contributed by atoms with Crippen LogP contribution in [0.4, 0.5) is 0 Å². The highest BCUT2D eigenvalue weighted by Crippen LogP contribution is 2.64. The van der Waals surface area contributed by atoms with Crippen molar-refractivity contribution in [1.82, 2.24) is 0 Å². The Morgan fingerprint density at radius 1 is 0.289 bits per heavy atom. The van der Waals surface area contributed by atoms with E-state index in [9.17, 15) is 0 Å². The van der Waals surface area contributed by atoms with E-state index in [2.05, 4.69) is 146 Å². The van der Waals surface area contributed by atoms with E-state index in [1.54, 1.807) is 35.5 Å². The third-order valence-electron chi connectivity index (χ3n) is 11.9. The molecule has 0 unspecified atom stereocenters. The van der Waals surface area contributed by atoms with Crippen LogP contribution in [0.25, 0.3) is 0 Å². The van der Waals surface area contributed by atoms with Crippen molar-refractivity contribution < 1.29 is 0 Å². The summed E-state index contributed by atoms with van der Waals surface area (Å²) in [6, 6.07) is 6.25. The van der Waals surface area contributed by atoms with E-state index in [1.807, 2.05) is 0 Å². The average molecular weight is 645 g/mol. The highest BCUT2D eigenvalue weighted by atomic mass is 28.4. The topological polar surface area (TPSA) is 0 Å². The van der Waals surface area contributed by atoms with Gasteiger partial charge in [-0.1, -0.05) is 165 Å². The van der Waals surface area contributed by atoms with Gasteiger partial charge in [-0.05, 0) is 16.7 Å². The van der Waals surface area contributed by atoms with Crippen LogP contribution in [0.1, 0.15) is 0 Å². The summed E-state index contributed by atoms with van der Waals surface area (Å²) < 4.78 is 0. The summed E-state index contributed by atoms with van der Waals surface area (Å²) in [6.07, 6.45) is 0. The molecule has 4 aliphatic heterocycles. The van der Waals surface area contributed by atoms with Crippen molar-refractivity contribution in [1.29, 1.82) is 0 Å². The summed E-state index contributed by atoms with van der Waals surface area (Å²) in [5.74, 6) is 0. The van der Waals surface area contributed by atoms with Crippen molar-refractivity contribution in [3.05, 3.63) is 41.6 Å². The fourth-order valence-electron chi connectivity index (χ4n) is 11.8. The zero-order chi connectivity index (χ0) is 28.9. The van der Waals surface area contributed by atoms with Crippen molar-refractivity contribution in [2.45, 2.75) is 140 Å².